The molecule has 0 aliphatic heterocycles. The van der Waals surface area contributed by atoms with Crippen molar-refractivity contribution in [2.75, 3.05) is 7.05 Å². The first kappa shape index (κ1) is 12.9. The van der Waals surface area contributed by atoms with E-state index in [1.807, 2.05) is 26.5 Å². The summed E-state index contributed by atoms with van der Waals surface area (Å²) in [6, 6.07) is 10.8. The van der Waals surface area contributed by atoms with Crippen LogP contribution in [0.5, 0.6) is 0 Å². The van der Waals surface area contributed by atoms with E-state index < -0.39 is 0 Å². The number of hydrogen-bond acceptors (Lipinski definition) is 2. The number of aryl methyl sites for hydroxylation is 3. The van der Waals surface area contributed by atoms with Gasteiger partial charge >= 0.3 is 0 Å². The average molecular weight is 268 g/mol. The highest BCUT2D eigenvalue weighted by Crippen LogP contribution is 2.20. The van der Waals surface area contributed by atoms with Crippen LogP contribution in [0, 0.1) is 0 Å². The van der Waals surface area contributed by atoms with Gasteiger partial charge in [0.1, 0.15) is 5.82 Å². The third kappa shape index (κ3) is 2.34. The molecule has 0 saturated carbocycles. The zero-order valence-corrected chi connectivity index (χ0v) is 12.0. The number of para-hydroxylation sites is 1. The zero-order chi connectivity index (χ0) is 13.9. The van der Waals surface area contributed by atoms with Crippen LogP contribution < -0.4 is 5.32 Å². The molecule has 1 aromatic carbocycles. The van der Waals surface area contributed by atoms with Crippen LogP contribution in [0.1, 0.15) is 11.5 Å². The monoisotopic (exact) mass is 268 g/mol. The molecule has 0 fully saturated rings. The number of fused-ring (bicyclic) bond motifs is 1. The van der Waals surface area contributed by atoms with Crippen molar-refractivity contribution in [3.05, 3.63) is 54.2 Å². The van der Waals surface area contributed by atoms with Gasteiger partial charge in [-0.05, 0) is 24.6 Å². The molecule has 0 amide bonds. The summed E-state index contributed by atoms with van der Waals surface area (Å²) in [7, 11) is 4.03. The number of nitrogens with zero attached hydrogens (tertiary/aromatic N) is 3. The molecule has 0 saturated heterocycles. The Hall–Kier alpha value is -2.07. The van der Waals surface area contributed by atoms with Crippen LogP contribution in [-0.4, -0.2) is 21.2 Å². The number of hydrogen-bond donors (Lipinski definition) is 1. The molecule has 0 unspecified atom stereocenters. The Morgan fingerprint density at radius 3 is 2.85 bits per heavy atom. The van der Waals surface area contributed by atoms with E-state index >= 15 is 0 Å². The van der Waals surface area contributed by atoms with Gasteiger partial charge in [0.05, 0.1) is 0 Å². The van der Waals surface area contributed by atoms with E-state index in [9.17, 15) is 0 Å². The largest absolute Gasteiger partial charge is 0.343 e. The van der Waals surface area contributed by atoms with Gasteiger partial charge in [0.15, 0.2) is 0 Å². The summed E-state index contributed by atoms with van der Waals surface area (Å²) in [5, 5.41) is 4.55. The second-order valence-electron chi connectivity index (χ2n) is 5.08. The van der Waals surface area contributed by atoms with Crippen molar-refractivity contribution in [2.24, 2.45) is 7.05 Å². The first-order valence-corrected chi connectivity index (χ1v) is 6.97. The van der Waals surface area contributed by atoms with Gasteiger partial charge < -0.3 is 14.5 Å². The fourth-order valence-corrected chi connectivity index (χ4v) is 2.71. The summed E-state index contributed by atoms with van der Waals surface area (Å²) in [6.07, 6.45) is 4.80. The van der Waals surface area contributed by atoms with E-state index in [-0.39, 0.29) is 0 Å². The molecule has 3 rings (SSSR count). The molecule has 2 heterocycles. The maximum atomic E-state index is 4.40. The fraction of sp³-hybridized carbons (Fsp3) is 0.312. The van der Waals surface area contributed by atoms with Gasteiger partial charge in [-0.15, -0.1) is 0 Å². The molecular formula is C16H20N4. The van der Waals surface area contributed by atoms with Gasteiger partial charge in [0.2, 0.25) is 0 Å². The number of imidazole rings is 1. The fourth-order valence-electron chi connectivity index (χ4n) is 2.71. The molecule has 1 N–H and O–H groups in total. The molecule has 0 bridgehead atoms. The van der Waals surface area contributed by atoms with Crippen molar-refractivity contribution in [1.29, 1.82) is 0 Å². The van der Waals surface area contributed by atoms with Crippen molar-refractivity contribution < 1.29 is 0 Å². The molecule has 4 nitrogen and oxygen atoms in total. The molecule has 104 valence electrons. The van der Waals surface area contributed by atoms with Crippen LogP contribution in [0.4, 0.5) is 0 Å². The van der Waals surface area contributed by atoms with Crippen LogP contribution in [0.25, 0.3) is 10.9 Å². The summed E-state index contributed by atoms with van der Waals surface area (Å²) >= 11 is 0. The highest BCUT2D eigenvalue weighted by molar-refractivity contribution is 5.81. The van der Waals surface area contributed by atoms with E-state index in [1.54, 1.807) is 0 Å². The Kier molecular flexibility index (Phi) is 3.56. The Balaban J connectivity index is 1.92. The molecule has 20 heavy (non-hydrogen) atoms. The molecule has 0 spiro atoms. The maximum Gasteiger partial charge on any atom is 0.110 e. The Morgan fingerprint density at radius 1 is 1.25 bits per heavy atom. The average Bonchev–Trinajstić information content (AvgIpc) is 3.01. The third-order valence-electron chi connectivity index (χ3n) is 3.73. The summed E-state index contributed by atoms with van der Waals surface area (Å²) < 4.78 is 4.48. The highest BCUT2D eigenvalue weighted by atomic mass is 15.1. The predicted molar refractivity (Wildman–Crippen MR) is 81.6 cm³/mol. The zero-order valence-electron chi connectivity index (χ0n) is 12.0. The minimum atomic E-state index is 0.884. The Bertz CT molecular complexity index is 708. The molecule has 4 heteroatoms. The topological polar surface area (TPSA) is 34.8 Å². The van der Waals surface area contributed by atoms with Gasteiger partial charge in [-0.25, -0.2) is 4.98 Å². The van der Waals surface area contributed by atoms with Crippen molar-refractivity contribution in [3.8, 4) is 0 Å². The quantitative estimate of drug-likeness (QED) is 0.771. The van der Waals surface area contributed by atoms with Crippen molar-refractivity contribution in [1.82, 2.24) is 19.4 Å². The maximum absolute atomic E-state index is 4.40. The molecule has 2 aromatic heterocycles. The first-order valence-electron chi connectivity index (χ1n) is 6.97. The summed E-state index contributed by atoms with van der Waals surface area (Å²) in [5.74, 6) is 1.12. The minimum absolute atomic E-state index is 0.884. The molecular weight excluding hydrogens is 248 g/mol. The third-order valence-corrected chi connectivity index (χ3v) is 3.73. The molecule has 3 aromatic rings. The summed E-state index contributed by atoms with van der Waals surface area (Å²) in [4.78, 5) is 4.40. The molecule has 0 radical (unpaired) electrons. The van der Waals surface area contributed by atoms with Crippen LogP contribution in [0.3, 0.4) is 0 Å². The smallest absolute Gasteiger partial charge is 0.110 e. The van der Waals surface area contributed by atoms with Gasteiger partial charge in [-0.3, -0.25) is 0 Å². The number of benzene rings is 1. The van der Waals surface area contributed by atoms with Crippen LogP contribution in [0.15, 0.2) is 42.7 Å². The lowest BCUT2D eigenvalue weighted by Gasteiger charge is -2.10. The number of rotatable bonds is 5. The molecule has 0 atom stereocenters. The lowest BCUT2D eigenvalue weighted by atomic mass is 10.2. The van der Waals surface area contributed by atoms with E-state index in [2.05, 4.69) is 49.8 Å². The van der Waals surface area contributed by atoms with Gasteiger partial charge in [-0.1, -0.05) is 18.2 Å². The Labute approximate surface area is 119 Å². The summed E-state index contributed by atoms with van der Waals surface area (Å²) in [6.45, 7) is 1.84. The standard InChI is InChI=1S/C16H20N4/c1-17-12-14-11-13-5-3-4-6-15(13)20(14)9-7-16-18-8-10-19(16)2/h3-6,8,10-11,17H,7,9,12H2,1-2H3. The van der Waals surface area contributed by atoms with Crippen molar-refractivity contribution in [3.63, 3.8) is 0 Å². The van der Waals surface area contributed by atoms with Crippen LogP contribution in [0.2, 0.25) is 0 Å². The van der Waals surface area contributed by atoms with E-state index in [1.165, 1.54) is 16.6 Å². The predicted octanol–water partition coefficient (Wildman–Crippen LogP) is 2.34. The molecule has 0 aliphatic carbocycles. The van der Waals surface area contributed by atoms with Crippen LogP contribution in [-0.2, 0) is 26.6 Å². The number of nitrogens with one attached hydrogen (secondary N) is 1. The highest BCUT2D eigenvalue weighted by Gasteiger charge is 2.08. The van der Waals surface area contributed by atoms with Crippen molar-refractivity contribution >= 4 is 10.9 Å². The first-order chi connectivity index (χ1) is 9.79. The van der Waals surface area contributed by atoms with Crippen molar-refractivity contribution in [2.45, 2.75) is 19.5 Å². The second kappa shape index (κ2) is 5.51. The van der Waals surface area contributed by atoms with E-state index in [0.29, 0.717) is 0 Å². The second-order valence-corrected chi connectivity index (χ2v) is 5.08. The van der Waals surface area contributed by atoms with E-state index in [4.69, 9.17) is 0 Å². The van der Waals surface area contributed by atoms with E-state index in [0.717, 1.165) is 25.3 Å². The normalized spacial score (nSPS) is 11.3. The number of aromatic nitrogens is 3. The lowest BCUT2D eigenvalue weighted by molar-refractivity contribution is 0.628. The lowest BCUT2D eigenvalue weighted by Crippen LogP contribution is -2.13. The Morgan fingerprint density at radius 2 is 2.10 bits per heavy atom. The molecule has 0 aliphatic rings. The van der Waals surface area contributed by atoms with Gasteiger partial charge in [0, 0.05) is 50.2 Å². The van der Waals surface area contributed by atoms with Gasteiger partial charge in [-0.2, -0.15) is 0 Å². The van der Waals surface area contributed by atoms with Crippen LogP contribution >= 0.6 is 0 Å². The SMILES string of the molecule is CNCc1cc2ccccc2n1CCc1nccn1C. The summed E-state index contributed by atoms with van der Waals surface area (Å²) in [5.41, 5.74) is 2.62. The minimum Gasteiger partial charge on any atom is -0.343 e. The van der Waals surface area contributed by atoms with Gasteiger partial charge in [0.25, 0.3) is 0 Å².